The summed E-state index contributed by atoms with van der Waals surface area (Å²) in [6.45, 7) is 0.784. The Hall–Kier alpha value is -2.58. The number of aromatic nitrogens is 2. The average molecular weight is 466 g/mol. The van der Waals surface area contributed by atoms with Crippen molar-refractivity contribution in [3.05, 3.63) is 65.1 Å². The van der Waals surface area contributed by atoms with E-state index in [1.54, 1.807) is 17.8 Å². The monoisotopic (exact) mass is 465 g/mol. The van der Waals surface area contributed by atoms with E-state index >= 15 is 0 Å². The molecule has 2 aromatic carbocycles. The molecular weight excluding hydrogens is 444 g/mol. The largest absolute Gasteiger partial charge is 0.494 e. The molecule has 0 fully saturated rings. The highest BCUT2D eigenvalue weighted by atomic mass is 35.5. The second-order valence-electron chi connectivity index (χ2n) is 6.72. The smallest absolute Gasteiger partial charge is 0.223 e. The summed E-state index contributed by atoms with van der Waals surface area (Å²) < 4.78 is 39.3. The van der Waals surface area contributed by atoms with Crippen LogP contribution in [0.1, 0.15) is 18.4 Å². The highest BCUT2D eigenvalue weighted by Crippen LogP contribution is 2.32. The summed E-state index contributed by atoms with van der Waals surface area (Å²) in [7, 11) is 0. The lowest BCUT2D eigenvalue weighted by Gasteiger charge is -2.12. The first-order valence-corrected chi connectivity index (χ1v) is 11.4. The standard InChI is InChI=1S/C22H22ClF2N3O2S/c1-31-13-14-8-16(26)11-17(9-14)29-6-2-3-7-30-20-10-15(24)4-5-18(20)21-19(25)12-27-22(23)28-21/h4-5,8-12H,2-3,6-7,13,26H2,1H3. The predicted molar refractivity (Wildman–Crippen MR) is 121 cm³/mol. The zero-order valence-corrected chi connectivity index (χ0v) is 18.5. The van der Waals surface area contributed by atoms with Crippen LogP contribution in [0, 0.1) is 11.6 Å². The van der Waals surface area contributed by atoms with Crippen LogP contribution in [0.5, 0.6) is 11.5 Å². The van der Waals surface area contributed by atoms with Gasteiger partial charge >= 0.3 is 0 Å². The number of rotatable bonds is 10. The summed E-state index contributed by atoms with van der Waals surface area (Å²) >= 11 is 7.49. The van der Waals surface area contributed by atoms with Gasteiger partial charge in [0.2, 0.25) is 5.28 Å². The number of ether oxygens (including phenoxy) is 2. The SMILES string of the molecule is CSCc1cc(N)cc(OCCCCOc2cc(F)ccc2-c2nc(Cl)ncc2F)c1. The van der Waals surface area contributed by atoms with Gasteiger partial charge < -0.3 is 15.2 Å². The topological polar surface area (TPSA) is 70.3 Å². The minimum Gasteiger partial charge on any atom is -0.494 e. The van der Waals surface area contributed by atoms with E-state index in [1.165, 1.54) is 18.2 Å². The Bertz CT molecular complexity index is 1040. The van der Waals surface area contributed by atoms with Crippen molar-refractivity contribution in [3.8, 4) is 22.8 Å². The number of hydrogen-bond acceptors (Lipinski definition) is 6. The quantitative estimate of drug-likeness (QED) is 0.233. The van der Waals surface area contributed by atoms with Crippen molar-refractivity contribution in [2.45, 2.75) is 18.6 Å². The molecule has 3 rings (SSSR count). The Kier molecular flexibility index (Phi) is 8.31. The van der Waals surface area contributed by atoms with Crippen LogP contribution >= 0.6 is 23.4 Å². The first-order valence-electron chi connectivity index (χ1n) is 9.58. The van der Waals surface area contributed by atoms with Crippen molar-refractivity contribution >= 4 is 29.1 Å². The van der Waals surface area contributed by atoms with Gasteiger partial charge in [-0.05, 0) is 60.5 Å². The molecule has 0 spiro atoms. The van der Waals surface area contributed by atoms with Crippen LogP contribution in [0.3, 0.4) is 0 Å². The van der Waals surface area contributed by atoms with Crippen molar-refractivity contribution in [3.63, 3.8) is 0 Å². The van der Waals surface area contributed by atoms with Gasteiger partial charge in [-0.3, -0.25) is 0 Å². The molecule has 0 aliphatic rings. The zero-order chi connectivity index (χ0) is 22.2. The summed E-state index contributed by atoms with van der Waals surface area (Å²) in [6.07, 6.45) is 4.37. The van der Waals surface area contributed by atoms with Crippen molar-refractivity contribution in [2.75, 3.05) is 25.2 Å². The summed E-state index contributed by atoms with van der Waals surface area (Å²) in [5.74, 6) is 0.617. The Morgan fingerprint density at radius 1 is 1.06 bits per heavy atom. The fraction of sp³-hybridized carbons (Fsp3) is 0.273. The molecule has 164 valence electrons. The van der Waals surface area contributed by atoms with Crippen LogP contribution in [0.4, 0.5) is 14.5 Å². The number of halogens is 3. The maximum absolute atomic E-state index is 14.1. The van der Waals surface area contributed by atoms with Crippen LogP contribution in [0.2, 0.25) is 5.28 Å². The molecule has 2 N–H and O–H groups in total. The van der Waals surface area contributed by atoms with Crippen molar-refractivity contribution < 1.29 is 18.3 Å². The molecule has 1 heterocycles. The second kappa shape index (κ2) is 11.2. The minimum atomic E-state index is -0.669. The number of anilines is 1. The minimum absolute atomic E-state index is 0.0407. The van der Waals surface area contributed by atoms with Crippen LogP contribution in [0.25, 0.3) is 11.3 Å². The molecule has 5 nitrogen and oxygen atoms in total. The van der Waals surface area contributed by atoms with Gasteiger partial charge in [-0.15, -0.1) is 0 Å². The van der Waals surface area contributed by atoms with E-state index in [0.29, 0.717) is 37.3 Å². The average Bonchev–Trinajstić information content (AvgIpc) is 2.72. The molecule has 0 unspecified atom stereocenters. The first-order chi connectivity index (χ1) is 15.0. The number of thioether (sulfide) groups is 1. The Morgan fingerprint density at radius 3 is 2.61 bits per heavy atom. The Balaban J connectivity index is 1.54. The summed E-state index contributed by atoms with van der Waals surface area (Å²) in [6, 6.07) is 9.51. The van der Waals surface area contributed by atoms with Crippen LogP contribution in [0.15, 0.2) is 42.6 Å². The molecule has 1 aromatic heterocycles. The number of nitrogens with two attached hydrogens (primary N) is 1. The van der Waals surface area contributed by atoms with Crippen molar-refractivity contribution in [2.24, 2.45) is 0 Å². The van der Waals surface area contributed by atoms with E-state index < -0.39 is 11.6 Å². The predicted octanol–water partition coefficient (Wildman–Crippen LogP) is 5.76. The lowest BCUT2D eigenvalue weighted by atomic mass is 10.1. The van der Waals surface area contributed by atoms with Crippen molar-refractivity contribution in [1.82, 2.24) is 9.97 Å². The molecule has 0 saturated carbocycles. The second-order valence-corrected chi connectivity index (χ2v) is 7.93. The van der Waals surface area contributed by atoms with E-state index in [2.05, 4.69) is 9.97 Å². The van der Waals surface area contributed by atoms with E-state index in [-0.39, 0.29) is 16.7 Å². The van der Waals surface area contributed by atoms with Gasteiger partial charge in [-0.2, -0.15) is 11.8 Å². The van der Waals surface area contributed by atoms with Gasteiger partial charge in [0.15, 0.2) is 5.82 Å². The fourth-order valence-electron chi connectivity index (χ4n) is 2.94. The van der Waals surface area contributed by atoms with Gasteiger partial charge in [0.25, 0.3) is 0 Å². The summed E-state index contributed by atoms with van der Waals surface area (Å²) in [5, 5.41) is -0.105. The zero-order valence-electron chi connectivity index (χ0n) is 16.9. The lowest BCUT2D eigenvalue weighted by molar-refractivity contribution is 0.266. The number of benzene rings is 2. The molecule has 0 amide bonds. The highest BCUT2D eigenvalue weighted by Gasteiger charge is 2.15. The van der Waals surface area contributed by atoms with E-state index in [0.717, 1.165) is 23.3 Å². The number of nitrogens with zero attached hydrogens (tertiary/aromatic N) is 2. The summed E-state index contributed by atoms with van der Waals surface area (Å²) in [5.41, 5.74) is 7.96. The molecule has 0 radical (unpaired) electrons. The van der Waals surface area contributed by atoms with Gasteiger partial charge in [0.05, 0.1) is 19.4 Å². The Morgan fingerprint density at radius 2 is 1.84 bits per heavy atom. The molecule has 3 aromatic rings. The third kappa shape index (κ3) is 6.70. The fourth-order valence-corrected chi connectivity index (χ4v) is 3.57. The first kappa shape index (κ1) is 23.1. The maximum atomic E-state index is 14.1. The van der Waals surface area contributed by atoms with E-state index in [4.69, 9.17) is 26.8 Å². The van der Waals surface area contributed by atoms with E-state index in [9.17, 15) is 8.78 Å². The molecule has 0 saturated heterocycles. The number of hydrogen-bond donors (Lipinski definition) is 1. The normalized spacial score (nSPS) is 10.8. The molecule has 0 aliphatic heterocycles. The third-order valence-corrected chi connectivity index (χ3v) is 5.08. The van der Waals surface area contributed by atoms with Crippen LogP contribution in [-0.4, -0.2) is 29.4 Å². The van der Waals surface area contributed by atoms with Crippen LogP contribution in [-0.2, 0) is 5.75 Å². The lowest BCUT2D eigenvalue weighted by Crippen LogP contribution is -2.04. The van der Waals surface area contributed by atoms with Crippen LogP contribution < -0.4 is 15.2 Å². The summed E-state index contributed by atoms with van der Waals surface area (Å²) in [4.78, 5) is 7.49. The van der Waals surface area contributed by atoms with Gasteiger partial charge in [-0.25, -0.2) is 18.7 Å². The highest BCUT2D eigenvalue weighted by molar-refractivity contribution is 7.97. The van der Waals surface area contributed by atoms with Crippen molar-refractivity contribution in [1.29, 1.82) is 0 Å². The van der Waals surface area contributed by atoms with E-state index in [1.807, 2.05) is 18.4 Å². The van der Waals surface area contributed by atoms with Gasteiger partial charge in [-0.1, -0.05) is 0 Å². The van der Waals surface area contributed by atoms with Gasteiger partial charge in [0, 0.05) is 29.1 Å². The number of nitrogen functional groups attached to an aromatic ring is 1. The molecular formula is C22H22ClF2N3O2S. The van der Waals surface area contributed by atoms with Gasteiger partial charge in [0.1, 0.15) is 23.0 Å². The Labute approximate surface area is 188 Å². The maximum Gasteiger partial charge on any atom is 0.223 e. The number of unbranched alkanes of at least 4 members (excludes halogenated alkanes) is 1. The molecule has 31 heavy (non-hydrogen) atoms. The molecule has 9 heteroatoms. The third-order valence-electron chi connectivity index (χ3n) is 4.28. The molecule has 0 atom stereocenters. The molecule has 0 bridgehead atoms. The molecule has 0 aliphatic carbocycles.